The van der Waals surface area contributed by atoms with Crippen molar-refractivity contribution in [2.24, 2.45) is 5.92 Å². The third-order valence-electron chi connectivity index (χ3n) is 6.62. The smallest absolute Gasteiger partial charge is 0.0542 e. The van der Waals surface area contributed by atoms with Crippen molar-refractivity contribution >= 4 is 0 Å². The van der Waals surface area contributed by atoms with Gasteiger partial charge in [0.15, 0.2) is 0 Å². The van der Waals surface area contributed by atoms with Gasteiger partial charge in [-0.05, 0) is 18.8 Å². The molecule has 2 unspecified atom stereocenters. The molecular weight excluding hydrogens is 352 g/mol. The Morgan fingerprint density at radius 2 is 0.759 bits per heavy atom. The van der Waals surface area contributed by atoms with Crippen LogP contribution in [0.25, 0.3) is 0 Å². The van der Waals surface area contributed by atoms with Gasteiger partial charge in [-0.25, -0.2) is 0 Å². The van der Waals surface area contributed by atoms with E-state index in [4.69, 9.17) is 0 Å². The average Bonchev–Trinajstić information content (AvgIpc) is 2.70. The topological polar surface area (TPSA) is 20.2 Å². The fraction of sp³-hybridized carbons (Fsp3) is 1.00. The second-order valence-corrected chi connectivity index (χ2v) is 9.94. The van der Waals surface area contributed by atoms with Crippen LogP contribution in [-0.2, 0) is 0 Å². The van der Waals surface area contributed by atoms with Crippen molar-refractivity contribution in [2.45, 2.75) is 175 Å². The lowest BCUT2D eigenvalue weighted by molar-refractivity contribution is 0.130. The van der Waals surface area contributed by atoms with Gasteiger partial charge in [0.25, 0.3) is 0 Å². The van der Waals surface area contributed by atoms with Gasteiger partial charge >= 0.3 is 0 Å². The van der Waals surface area contributed by atoms with Crippen LogP contribution in [0.3, 0.4) is 0 Å². The zero-order valence-corrected chi connectivity index (χ0v) is 20.9. The summed E-state index contributed by atoms with van der Waals surface area (Å²) in [5, 5.41) is 10.3. The normalized spacial score (nSPS) is 13.7. The van der Waals surface area contributed by atoms with Crippen LogP contribution in [-0.4, -0.2) is 11.2 Å². The van der Waals surface area contributed by atoms with Crippen LogP contribution in [0, 0.1) is 5.92 Å². The molecule has 1 N–H and O–H groups in total. The second-order valence-electron chi connectivity index (χ2n) is 9.94. The summed E-state index contributed by atoms with van der Waals surface area (Å²) < 4.78 is 0. The maximum atomic E-state index is 10.3. The van der Waals surface area contributed by atoms with Crippen LogP contribution in [0.2, 0.25) is 0 Å². The Balaban J connectivity index is 3.29. The Bertz CT molecular complexity index is 260. The molecule has 0 rings (SSSR count). The molecule has 0 aliphatic heterocycles. The van der Waals surface area contributed by atoms with Gasteiger partial charge in [-0.2, -0.15) is 0 Å². The molecule has 0 saturated carbocycles. The molecule has 0 bridgehead atoms. The minimum Gasteiger partial charge on any atom is -0.393 e. The Hall–Kier alpha value is -0.0400. The predicted molar refractivity (Wildman–Crippen MR) is 133 cm³/mol. The summed E-state index contributed by atoms with van der Waals surface area (Å²) in [6.45, 7) is 6.92. The summed E-state index contributed by atoms with van der Waals surface area (Å²) in [5.41, 5.74) is 0. The Morgan fingerprint density at radius 3 is 1.14 bits per heavy atom. The summed E-state index contributed by atoms with van der Waals surface area (Å²) in [6.07, 6.45) is 31.2. The fourth-order valence-electron chi connectivity index (χ4n) is 4.55. The van der Waals surface area contributed by atoms with E-state index in [2.05, 4.69) is 20.8 Å². The van der Waals surface area contributed by atoms with Gasteiger partial charge in [0.2, 0.25) is 0 Å². The van der Waals surface area contributed by atoms with Gasteiger partial charge in [0, 0.05) is 0 Å². The van der Waals surface area contributed by atoms with E-state index in [9.17, 15) is 5.11 Å². The van der Waals surface area contributed by atoms with Crippen molar-refractivity contribution in [1.29, 1.82) is 0 Å². The zero-order valence-electron chi connectivity index (χ0n) is 20.9. The van der Waals surface area contributed by atoms with Gasteiger partial charge in [-0.1, -0.05) is 156 Å². The molecule has 0 saturated heterocycles. The number of aliphatic hydroxyl groups is 1. The van der Waals surface area contributed by atoms with Gasteiger partial charge in [0.05, 0.1) is 6.10 Å². The minimum absolute atomic E-state index is 0.0536. The van der Waals surface area contributed by atoms with Crippen LogP contribution >= 0.6 is 0 Å². The maximum absolute atomic E-state index is 10.3. The molecule has 29 heavy (non-hydrogen) atoms. The van der Waals surface area contributed by atoms with Crippen molar-refractivity contribution in [3.8, 4) is 0 Å². The number of hydrogen-bond donors (Lipinski definition) is 1. The summed E-state index contributed by atoms with van der Waals surface area (Å²) in [6, 6.07) is 0. The van der Waals surface area contributed by atoms with E-state index in [1.807, 2.05) is 0 Å². The van der Waals surface area contributed by atoms with Gasteiger partial charge in [-0.15, -0.1) is 0 Å². The van der Waals surface area contributed by atoms with Gasteiger partial charge in [-0.3, -0.25) is 0 Å². The molecule has 0 aromatic carbocycles. The number of hydrogen-bond acceptors (Lipinski definition) is 1. The molecule has 2 atom stereocenters. The Morgan fingerprint density at radius 1 is 0.448 bits per heavy atom. The highest BCUT2D eigenvalue weighted by Crippen LogP contribution is 2.20. The standard InChI is InChI=1S/C28H58O/c1-4-6-8-10-12-14-16-18-20-22-24-27(3)26-28(29)25-23-21-19-17-15-13-11-9-7-5-2/h27-29H,4-26H2,1-3H3. The zero-order chi connectivity index (χ0) is 21.4. The number of aliphatic hydroxyl groups excluding tert-OH is 1. The van der Waals surface area contributed by atoms with Crippen LogP contribution < -0.4 is 0 Å². The van der Waals surface area contributed by atoms with Crippen molar-refractivity contribution in [3.63, 3.8) is 0 Å². The average molecular weight is 411 g/mol. The first kappa shape index (κ1) is 29.0. The highest BCUT2D eigenvalue weighted by molar-refractivity contribution is 4.63. The molecule has 0 aromatic heterocycles. The number of unbranched alkanes of at least 4 members (excludes halogenated alkanes) is 18. The third kappa shape index (κ3) is 24.1. The first-order valence-corrected chi connectivity index (χ1v) is 13.9. The minimum atomic E-state index is -0.0536. The Kier molecular flexibility index (Phi) is 24.2. The van der Waals surface area contributed by atoms with Crippen molar-refractivity contribution in [1.82, 2.24) is 0 Å². The number of rotatable bonds is 24. The highest BCUT2D eigenvalue weighted by atomic mass is 16.3. The van der Waals surface area contributed by atoms with Crippen LogP contribution in [0.15, 0.2) is 0 Å². The van der Waals surface area contributed by atoms with E-state index >= 15 is 0 Å². The molecule has 0 aliphatic carbocycles. The monoisotopic (exact) mass is 410 g/mol. The fourth-order valence-corrected chi connectivity index (χ4v) is 4.55. The molecular formula is C28H58O. The van der Waals surface area contributed by atoms with Crippen LogP contribution in [0.1, 0.15) is 168 Å². The summed E-state index contributed by atoms with van der Waals surface area (Å²) in [5.74, 6) is 0.696. The third-order valence-corrected chi connectivity index (χ3v) is 6.62. The quantitative estimate of drug-likeness (QED) is 0.157. The first-order chi connectivity index (χ1) is 14.2. The molecule has 1 heteroatoms. The van der Waals surface area contributed by atoms with E-state index in [-0.39, 0.29) is 6.10 Å². The maximum Gasteiger partial charge on any atom is 0.0542 e. The van der Waals surface area contributed by atoms with E-state index in [0.717, 1.165) is 12.8 Å². The predicted octanol–water partition coefficient (Wildman–Crippen LogP) is 10.00. The molecule has 0 spiro atoms. The van der Waals surface area contributed by atoms with Gasteiger partial charge < -0.3 is 5.11 Å². The highest BCUT2D eigenvalue weighted by Gasteiger charge is 2.10. The van der Waals surface area contributed by atoms with E-state index in [1.165, 1.54) is 135 Å². The summed E-state index contributed by atoms with van der Waals surface area (Å²) in [7, 11) is 0. The second kappa shape index (κ2) is 24.2. The lowest BCUT2D eigenvalue weighted by Crippen LogP contribution is -2.11. The van der Waals surface area contributed by atoms with Crippen LogP contribution in [0.5, 0.6) is 0 Å². The first-order valence-electron chi connectivity index (χ1n) is 13.9. The molecule has 176 valence electrons. The molecule has 0 amide bonds. The SMILES string of the molecule is CCCCCCCCCCCCC(C)CC(O)CCCCCCCCCCCC. The van der Waals surface area contributed by atoms with Crippen molar-refractivity contribution in [3.05, 3.63) is 0 Å². The molecule has 0 radical (unpaired) electrons. The van der Waals surface area contributed by atoms with Gasteiger partial charge in [0.1, 0.15) is 0 Å². The summed E-state index contributed by atoms with van der Waals surface area (Å²) in [4.78, 5) is 0. The molecule has 0 aromatic rings. The van der Waals surface area contributed by atoms with Crippen molar-refractivity contribution in [2.75, 3.05) is 0 Å². The van der Waals surface area contributed by atoms with E-state index in [0.29, 0.717) is 5.92 Å². The molecule has 0 aliphatic rings. The van der Waals surface area contributed by atoms with E-state index in [1.54, 1.807) is 0 Å². The largest absolute Gasteiger partial charge is 0.393 e. The molecule has 0 heterocycles. The lowest BCUT2D eigenvalue weighted by atomic mass is 9.94. The molecule has 0 fully saturated rings. The van der Waals surface area contributed by atoms with Crippen LogP contribution in [0.4, 0.5) is 0 Å². The Labute approximate surface area is 185 Å². The summed E-state index contributed by atoms with van der Waals surface area (Å²) >= 11 is 0. The molecule has 1 nitrogen and oxygen atoms in total. The van der Waals surface area contributed by atoms with Crippen molar-refractivity contribution < 1.29 is 5.11 Å². The lowest BCUT2D eigenvalue weighted by Gasteiger charge is -2.16. The van der Waals surface area contributed by atoms with E-state index < -0.39 is 0 Å².